The molecule has 3 aromatic carbocycles. The van der Waals surface area contributed by atoms with E-state index in [1.165, 1.54) is 6.92 Å². The van der Waals surface area contributed by atoms with Gasteiger partial charge >= 0.3 is 12.1 Å². The van der Waals surface area contributed by atoms with Crippen molar-refractivity contribution in [2.75, 3.05) is 11.9 Å². The van der Waals surface area contributed by atoms with Crippen molar-refractivity contribution in [1.29, 1.82) is 10.7 Å². The lowest BCUT2D eigenvalue weighted by atomic mass is 9.95. The summed E-state index contributed by atoms with van der Waals surface area (Å²) in [6.45, 7) is -0.611. The summed E-state index contributed by atoms with van der Waals surface area (Å²) in [5.74, 6) is -5.99. The number of aromatic nitrogens is 2. The highest BCUT2D eigenvalue weighted by Gasteiger charge is 2.33. The second-order valence-electron chi connectivity index (χ2n) is 9.50. The Kier molecular flexibility index (Phi) is 9.57. The third-order valence-corrected chi connectivity index (χ3v) is 6.84. The van der Waals surface area contributed by atoms with Crippen LogP contribution in [0.1, 0.15) is 44.3 Å². The number of nitrogens with one attached hydrogen (secondary N) is 2. The Labute approximate surface area is 258 Å². The molecule has 0 fully saturated rings. The highest BCUT2D eigenvalue weighted by Crippen LogP contribution is 2.35. The summed E-state index contributed by atoms with van der Waals surface area (Å²) in [5.41, 5.74) is -6.66. The van der Waals surface area contributed by atoms with E-state index in [0.29, 0.717) is 22.8 Å². The van der Waals surface area contributed by atoms with Crippen molar-refractivity contribution in [1.82, 2.24) is 9.13 Å². The molecule has 0 aliphatic heterocycles. The molecule has 0 saturated heterocycles. The van der Waals surface area contributed by atoms with Gasteiger partial charge in [0.25, 0.3) is 12.3 Å². The molecule has 17 heteroatoms. The smallest absolute Gasteiger partial charge is 0.416 e. The van der Waals surface area contributed by atoms with Crippen LogP contribution in [0.5, 0.6) is 0 Å². The summed E-state index contributed by atoms with van der Waals surface area (Å²) >= 11 is 6.12. The quantitative estimate of drug-likeness (QED) is 0.127. The molecule has 0 radical (unpaired) electrons. The zero-order valence-electron chi connectivity index (χ0n) is 23.2. The number of hydrogen-bond acceptors (Lipinski definition) is 6. The van der Waals surface area contributed by atoms with Gasteiger partial charge in [-0.05, 0) is 49.4 Å². The van der Waals surface area contributed by atoms with Gasteiger partial charge in [0.1, 0.15) is 24.2 Å². The van der Waals surface area contributed by atoms with E-state index < -0.39 is 105 Å². The van der Waals surface area contributed by atoms with Crippen LogP contribution in [0.25, 0.3) is 11.0 Å². The standard InChI is InChI=1S/C29H19ClF7N5O4/c1-2-46-23(43)12-42-25-18(10-38)24(26(44)17-8-15(31)3-4-19(17)30)20(9-21(25)41(28(42)39)11-22(33)34)40-27(45)13-5-14(29(35,36)37)7-16(32)6-13/h3-9,22,39H,2,11-12H2,1H3,(H,40,45). The third kappa shape index (κ3) is 6.74. The first-order valence-electron chi connectivity index (χ1n) is 12.9. The molecule has 2 N–H and O–H groups in total. The first kappa shape index (κ1) is 33.7. The molecule has 0 unspecified atom stereocenters. The number of esters is 1. The minimum absolute atomic E-state index is 0.109. The summed E-state index contributed by atoms with van der Waals surface area (Å²) < 4.78 is 102. The monoisotopic (exact) mass is 669 g/mol. The van der Waals surface area contributed by atoms with Gasteiger partial charge in [-0.1, -0.05) is 11.6 Å². The average Bonchev–Trinajstić information content (AvgIpc) is 3.21. The van der Waals surface area contributed by atoms with Gasteiger partial charge in [-0.2, -0.15) is 18.4 Å². The molecule has 0 bridgehead atoms. The number of carbonyl (C=O) groups excluding carboxylic acids is 3. The molecule has 0 spiro atoms. The molecule has 0 aliphatic rings. The number of nitriles is 1. The van der Waals surface area contributed by atoms with E-state index in [9.17, 15) is 50.4 Å². The highest BCUT2D eigenvalue weighted by atomic mass is 35.5. The van der Waals surface area contributed by atoms with Crippen molar-refractivity contribution in [2.45, 2.75) is 32.6 Å². The minimum Gasteiger partial charge on any atom is -0.465 e. The van der Waals surface area contributed by atoms with Crippen molar-refractivity contribution in [3.63, 3.8) is 0 Å². The van der Waals surface area contributed by atoms with E-state index >= 15 is 0 Å². The largest absolute Gasteiger partial charge is 0.465 e. The number of ether oxygens (including phenoxy) is 1. The SMILES string of the molecule is CCOC(=O)Cn1c(=N)n(CC(F)F)c2cc(NC(=O)c3cc(F)cc(C(F)(F)F)c3)c(C(=O)c3cc(F)ccc3Cl)c(C#N)c21. The molecular weight excluding hydrogens is 651 g/mol. The number of alkyl halides is 5. The summed E-state index contributed by atoms with van der Waals surface area (Å²) in [6.07, 6.45) is -8.16. The maximum Gasteiger partial charge on any atom is 0.416 e. The van der Waals surface area contributed by atoms with Gasteiger partial charge in [-0.25, -0.2) is 17.6 Å². The molecule has 1 amide bonds. The van der Waals surface area contributed by atoms with Gasteiger partial charge in [0.15, 0.2) is 5.78 Å². The Morgan fingerprint density at radius 1 is 1.07 bits per heavy atom. The van der Waals surface area contributed by atoms with E-state index in [0.717, 1.165) is 22.8 Å². The maximum absolute atomic E-state index is 14.2. The number of amides is 1. The fourth-order valence-corrected chi connectivity index (χ4v) is 4.85. The Morgan fingerprint density at radius 3 is 2.37 bits per heavy atom. The Bertz CT molecular complexity index is 2000. The lowest BCUT2D eigenvalue weighted by Crippen LogP contribution is -2.29. The molecule has 46 heavy (non-hydrogen) atoms. The van der Waals surface area contributed by atoms with E-state index in [4.69, 9.17) is 21.7 Å². The van der Waals surface area contributed by atoms with Crippen molar-refractivity contribution >= 4 is 46.0 Å². The average molecular weight is 670 g/mol. The fraction of sp³-hybridized carbons (Fsp3) is 0.207. The summed E-state index contributed by atoms with van der Waals surface area (Å²) in [7, 11) is 0. The van der Waals surface area contributed by atoms with Gasteiger partial charge in [-0.15, -0.1) is 0 Å². The van der Waals surface area contributed by atoms with Crippen LogP contribution in [0.15, 0.2) is 42.5 Å². The number of fused-ring (bicyclic) bond motifs is 1. The number of imidazole rings is 1. The summed E-state index contributed by atoms with van der Waals surface area (Å²) in [6, 6.07) is 6.03. The van der Waals surface area contributed by atoms with Gasteiger partial charge in [0.2, 0.25) is 5.62 Å². The summed E-state index contributed by atoms with van der Waals surface area (Å²) in [5, 5.41) is 20.6. The van der Waals surface area contributed by atoms with Crippen LogP contribution < -0.4 is 10.9 Å². The minimum atomic E-state index is -5.06. The van der Waals surface area contributed by atoms with Gasteiger partial charge in [0, 0.05) is 11.1 Å². The van der Waals surface area contributed by atoms with Crippen LogP contribution >= 0.6 is 11.6 Å². The first-order chi connectivity index (χ1) is 21.6. The number of halogens is 8. The molecule has 0 atom stereocenters. The number of ketones is 1. The van der Waals surface area contributed by atoms with Crippen LogP contribution in [0.2, 0.25) is 5.02 Å². The number of benzene rings is 3. The Morgan fingerprint density at radius 2 is 1.76 bits per heavy atom. The molecule has 4 aromatic rings. The number of rotatable bonds is 9. The van der Waals surface area contributed by atoms with E-state index in [-0.39, 0.29) is 17.7 Å². The van der Waals surface area contributed by atoms with Crippen LogP contribution in [-0.2, 0) is 28.8 Å². The molecule has 240 valence electrons. The lowest BCUT2D eigenvalue weighted by Gasteiger charge is -2.16. The first-order valence-corrected chi connectivity index (χ1v) is 13.3. The van der Waals surface area contributed by atoms with Crippen LogP contribution in [0.3, 0.4) is 0 Å². The fourth-order valence-electron chi connectivity index (χ4n) is 4.64. The Balaban J connectivity index is 2.07. The molecule has 9 nitrogen and oxygen atoms in total. The maximum atomic E-state index is 14.2. The second-order valence-corrected chi connectivity index (χ2v) is 9.91. The normalized spacial score (nSPS) is 11.5. The number of carbonyl (C=O) groups is 3. The molecule has 0 aliphatic carbocycles. The molecule has 4 rings (SSSR count). The topological polar surface area (TPSA) is 130 Å². The zero-order valence-corrected chi connectivity index (χ0v) is 24.0. The van der Waals surface area contributed by atoms with Crippen molar-refractivity contribution in [3.05, 3.63) is 92.6 Å². The van der Waals surface area contributed by atoms with Crippen molar-refractivity contribution in [3.8, 4) is 6.07 Å². The van der Waals surface area contributed by atoms with E-state index in [1.54, 1.807) is 6.07 Å². The zero-order chi connectivity index (χ0) is 34.1. The predicted molar refractivity (Wildman–Crippen MR) is 147 cm³/mol. The predicted octanol–water partition coefficient (Wildman–Crippen LogP) is 6.06. The highest BCUT2D eigenvalue weighted by molar-refractivity contribution is 6.35. The number of hydrogen-bond donors (Lipinski definition) is 2. The summed E-state index contributed by atoms with van der Waals surface area (Å²) in [4.78, 5) is 39.5. The molecule has 0 saturated carbocycles. The van der Waals surface area contributed by atoms with Crippen molar-refractivity contribution < 1.29 is 49.9 Å². The Hall–Kier alpha value is -5.17. The van der Waals surface area contributed by atoms with Crippen molar-refractivity contribution in [2.24, 2.45) is 0 Å². The van der Waals surface area contributed by atoms with Gasteiger partial charge in [0.05, 0.1) is 51.6 Å². The van der Waals surface area contributed by atoms with Crippen LogP contribution in [-0.4, -0.2) is 39.8 Å². The number of nitrogens with zero attached hydrogens (tertiary/aromatic N) is 3. The molecular formula is C29H19ClF7N5O4. The van der Waals surface area contributed by atoms with Crippen LogP contribution in [0, 0.1) is 28.4 Å². The molecule has 1 aromatic heterocycles. The second kappa shape index (κ2) is 13.1. The van der Waals surface area contributed by atoms with E-state index in [2.05, 4.69) is 5.32 Å². The van der Waals surface area contributed by atoms with Crippen LogP contribution in [0.4, 0.5) is 36.4 Å². The lowest BCUT2D eigenvalue weighted by molar-refractivity contribution is -0.143. The number of anilines is 1. The van der Waals surface area contributed by atoms with Gasteiger partial charge < -0.3 is 14.6 Å². The van der Waals surface area contributed by atoms with E-state index in [1.807, 2.05) is 0 Å². The molecule has 1 heterocycles. The van der Waals surface area contributed by atoms with Gasteiger partial charge in [-0.3, -0.25) is 24.4 Å². The third-order valence-electron chi connectivity index (χ3n) is 6.51.